The Balaban J connectivity index is 1.51. The highest BCUT2D eigenvalue weighted by atomic mass is 16.1. The van der Waals surface area contributed by atoms with E-state index in [-0.39, 0.29) is 5.56 Å². The van der Waals surface area contributed by atoms with Crippen LogP contribution in [-0.2, 0) is 19.5 Å². The molecule has 0 unspecified atom stereocenters. The minimum atomic E-state index is -0.0323. The summed E-state index contributed by atoms with van der Waals surface area (Å²) in [6.45, 7) is 3.94. The van der Waals surface area contributed by atoms with Crippen LogP contribution in [0, 0.1) is 6.92 Å². The molecule has 1 N–H and O–H groups in total. The number of aryl methyl sites for hydroxylation is 1. The Morgan fingerprint density at radius 2 is 2.08 bits per heavy atom. The van der Waals surface area contributed by atoms with Crippen molar-refractivity contribution >= 4 is 0 Å². The van der Waals surface area contributed by atoms with Crippen LogP contribution >= 0.6 is 0 Å². The number of nitrogens with one attached hydrogen (secondary N) is 1. The summed E-state index contributed by atoms with van der Waals surface area (Å²) in [5.41, 5.74) is 3.52. The summed E-state index contributed by atoms with van der Waals surface area (Å²) < 4.78 is 1.77. The first-order chi connectivity index (χ1) is 11.7. The van der Waals surface area contributed by atoms with E-state index in [1.165, 1.54) is 0 Å². The Bertz CT molecular complexity index is 914. The number of para-hydroxylation sites is 1. The number of benzene rings is 1. The molecule has 0 aliphatic carbocycles. The van der Waals surface area contributed by atoms with Gasteiger partial charge in [0.05, 0.1) is 28.8 Å². The van der Waals surface area contributed by atoms with Gasteiger partial charge in [-0.15, -0.1) is 5.10 Å². The van der Waals surface area contributed by atoms with E-state index in [9.17, 15) is 4.79 Å². The normalized spacial score (nSPS) is 14.5. The molecule has 0 radical (unpaired) electrons. The summed E-state index contributed by atoms with van der Waals surface area (Å²) in [5, 5.41) is 8.43. The van der Waals surface area contributed by atoms with Gasteiger partial charge in [0.1, 0.15) is 5.82 Å². The molecule has 4 rings (SSSR count). The molecule has 0 fully saturated rings. The van der Waals surface area contributed by atoms with Gasteiger partial charge in [-0.3, -0.25) is 9.69 Å². The minimum absolute atomic E-state index is 0.0323. The van der Waals surface area contributed by atoms with E-state index >= 15 is 0 Å². The second kappa shape index (κ2) is 6.01. The number of hydrogen-bond donors (Lipinski definition) is 1. The van der Waals surface area contributed by atoms with Crippen LogP contribution in [0.15, 0.2) is 41.3 Å². The predicted octanol–water partition coefficient (Wildman–Crippen LogP) is 1.22. The molecule has 3 heterocycles. The monoisotopic (exact) mass is 322 g/mol. The van der Waals surface area contributed by atoms with Gasteiger partial charge in [0, 0.05) is 26.1 Å². The van der Waals surface area contributed by atoms with Gasteiger partial charge in [0.15, 0.2) is 0 Å². The van der Waals surface area contributed by atoms with Crippen molar-refractivity contribution in [2.75, 3.05) is 6.54 Å². The lowest BCUT2D eigenvalue weighted by Crippen LogP contribution is -2.35. The van der Waals surface area contributed by atoms with Gasteiger partial charge >= 0.3 is 0 Å². The first-order valence-electron chi connectivity index (χ1n) is 7.97. The highest BCUT2D eigenvalue weighted by Crippen LogP contribution is 2.16. The zero-order valence-corrected chi connectivity index (χ0v) is 13.4. The maximum atomic E-state index is 12.1. The van der Waals surface area contributed by atoms with E-state index < -0.39 is 0 Å². The van der Waals surface area contributed by atoms with E-state index in [1.54, 1.807) is 4.68 Å². The second-order valence-corrected chi connectivity index (χ2v) is 6.03. The van der Waals surface area contributed by atoms with E-state index in [0.29, 0.717) is 18.9 Å². The third-order valence-corrected chi connectivity index (χ3v) is 4.21. The van der Waals surface area contributed by atoms with Crippen LogP contribution in [0.2, 0.25) is 0 Å². The molecule has 0 spiro atoms. The third-order valence-electron chi connectivity index (χ3n) is 4.21. The fraction of sp³-hybridized carbons (Fsp3) is 0.294. The highest BCUT2D eigenvalue weighted by molar-refractivity contribution is 5.30. The van der Waals surface area contributed by atoms with Crippen molar-refractivity contribution in [2.45, 2.75) is 26.4 Å². The van der Waals surface area contributed by atoms with Crippen molar-refractivity contribution in [3.05, 3.63) is 69.7 Å². The van der Waals surface area contributed by atoms with Crippen LogP contribution in [0.1, 0.15) is 22.8 Å². The molecule has 0 saturated heterocycles. The lowest BCUT2D eigenvalue weighted by molar-refractivity contribution is 0.238. The summed E-state index contributed by atoms with van der Waals surface area (Å²) in [5.74, 6) is 0.679. The molecule has 24 heavy (non-hydrogen) atoms. The summed E-state index contributed by atoms with van der Waals surface area (Å²) in [4.78, 5) is 21.5. The van der Waals surface area contributed by atoms with Crippen LogP contribution < -0.4 is 5.56 Å². The number of aromatic nitrogens is 5. The zero-order chi connectivity index (χ0) is 16.5. The summed E-state index contributed by atoms with van der Waals surface area (Å²) >= 11 is 0. The predicted molar refractivity (Wildman–Crippen MR) is 88.8 cm³/mol. The van der Waals surface area contributed by atoms with Gasteiger partial charge < -0.3 is 4.98 Å². The molecule has 3 aromatic rings. The van der Waals surface area contributed by atoms with E-state index in [2.05, 4.69) is 25.2 Å². The van der Waals surface area contributed by atoms with Gasteiger partial charge in [-0.05, 0) is 19.1 Å². The average Bonchev–Trinajstić information content (AvgIpc) is 3.05. The number of aromatic amines is 1. The fourth-order valence-electron chi connectivity index (χ4n) is 3.05. The maximum absolute atomic E-state index is 12.1. The Labute approximate surface area is 139 Å². The molecule has 0 amide bonds. The van der Waals surface area contributed by atoms with Gasteiger partial charge in [0.25, 0.3) is 5.56 Å². The smallest absolute Gasteiger partial charge is 0.255 e. The quantitative estimate of drug-likeness (QED) is 0.784. The lowest BCUT2D eigenvalue weighted by atomic mass is 10.1. The molecule has 7 heteroatoms. The molecule has 0 atom stereocenters. The van der Waals surface area contributed by atoms with Crippen LogP contribution in [0.4, 0.5) is 0 Å². The standard InChI is InChI=1S/C17H18N6O/c1-12-18-16-7-8-22(11-15(16)17(24)19-12)9-13-10-23(21-20-13)14-5-3-2-4-6-14/h2-6,10H,7-9,11H2,1H3,(H,18,19,24). The molecule has 0 bridgehead atoms. The van der Waals surface area contributed by atoms with E-state index in [4.69, 9.17) is 0 Å². The molecular weight excluding hydrogens is 304 g/mol. The molecule has 7 nitrogen and oxygen atoms in total. The van der Waals surface area contributed by atoms with E-state index in [0.717, 1.165) is 35.6 Å². The summed E-state index contributed by atoms with van der Waals surface area (Å²) in [6.07, 6.45) is 2.72. The minimum Gasteiger partial charge on any atom is -0.310 e. The first-order valence-corrected chi connectivity index (χ1v) is 7.97. The van der Waals surface area contributed by atoms with Gasteiger partial charge in [0.2, 0.25) is 0 Å². The molecule has 1 aromatic carbocycles. The van der Waals surface area contributed by atoms with Crippen LogP contribution in [0.25, 0.3) is 5.69 Å². The summed E-state index contributed by atoms with van der Waals surface area (Å²) in [6, 6.07) is 9.89. The Morgan fingerprint density at radius 1 is 1.25 bits per heavy atom. The Hall–Kier alpha value is -2.80. The van der Waals surface area contributed by atoms with Crippen molar-refractivity contribution in [2.24, 2.45) is 0 Å². The molecule has 2 aromatic heterocycles. The SMILES string of the molecule is Cc1nc2c(c(=O)[nH]1)CN(Cc1cn(-c3ccccc3)nn1)CC2. The Kier molecular flexibility index (Phi) is 3.70. The van der Waals surface area contributed by atoms with Crippen molar-refractivity contribution in [3.63, 3.8) is 0 Å². The van der Waals surface area contributed by atoms with Crippen LogP contribution in [0.5, 0.6) is 0 Å². The number of rotatable bonds is 3. The molecular formula is C17H18N6O. The van der Waals surface area contributed by atoms with Gasteiger partial charge in [-0.25, -0.2) is 9.67 Å². The Morgan fingerprint density at radius 3 is 2.92 bits per heavy atom. The number of H-pyrrole nitrogens is 1. The van der Waals surface area contributed by atoms with E-state index in [1.807, 2.05) is 43.5 Å². The van der Waals surface area contributed by atoms with Crippen molar-refractivity contribution < 1.29 is 0 Å². The average molecular weight is 322 g/mol. The summed E-state index contributed by atoms with van der Waals surface area (Å²) in [7, 11) is 0. The fourth-order valence-corrected chi connectivity index (χ4v) is 3.05. The topological polar surface area (TPSA) is 79.7 Å². The zero-order valence-electron chi connectivity index (χ0n) is 13.4. The van der Waals surface area contributed by atoms with Gasteiger partial charge in [-0.1, -0.05) is 23.4 Å². The van der Waals surface area contributed by atoms with Gasteiger partial charge in [-0.2, -0.15) is 0 Å². The van der Waals surface area contributed by atoms with Crippen molar-refractivity contribution in [1.82, 2.24) is 29.9 Å². The molecule has 1 aliphatic heterocycles. The van der Waals surface area contributed by atoms with Crippen molar-refractivity contribution in [1.29, 1.82) is 0 Å². The lowest BCUT2D eigenvalue weighted by Gasteiger charge is -2.26. The molecule has 122 valence electrons. The second-order valence-electron chi connectivity index (χ2n) is 6.03. The molecule has 1 aliphatic rings. The van der Waals surface area contributed by atoms with Crippen molar-refractivity contribution in [3.8, 4) is 5.69 Å². The van der Waals surface area contributed by atoms with Crippen LogP contribution in [-0.4, -0.2) is 36.4 Å². The number of hydrogen-bond acceptors (Lipinski definition) is 5. The third kappa shape index (κ3) is 2.85. The largest absolute Gasteiger partial charge is 0.310 e. The maximum Gasteiger partial charge on any atom is 0.255 e. The number of fused-ring (bicyclic) bond motifs is 1. The highest BCUT2D eigenvalue weighted by Gasteiger charge is 2.21. The van der Waals surface area contributed by atoms with Crippen LogP contribution in [0.3, 0.4) is 0 Å². The molecule has 0 saturated carbocycles. The number of nitrogens with zero attached hydrogens (tertiary/aromatic N) is 5. The first kappa shape index (κ1) is 14.8.